The molecular weight excluding hydrogens is 364 g/mol. The van der Waals surface area contributed by atoms with Crippen LogP contribution in [0.5, 0.6) is 0 Å². The number of aromatic nitrogens is 1. The topological polar surface area (TPSA) is 88.5 Å². The molecule has 0 aliphatic carbocycles. The molecule has 2 saturated heterocycles. The molecule has 6 nitrogen and oxygen atoms in total. The Morgan fingerprint density at radius 1 is 1.19 bits per heavy atom. The van der Waals surface area contributed by atoms with Crippen LogP contribution in [0.1, 0.15) is 38.2 Å². The zero-order valence-electron chi connectivity index (χ0n) is 15.2. The van der Waals surface area contributed by atoms with Crippen molar-refractivity contribution >= 4 is 28.3 Å². The van der Waals surface area contributed by atoms with Gasteiger partial charge in [-0.2, -0.15) is 0 Å². The Hall–Kier alpha value is -2.25. The van der Waals surface area contributed by atoms with Gasteiger partial charge >= 0.3 is 5.97 Å². The van der Waals surface area contributed by atoms with Crippen LogP contribution in [-0.2, 0) is 14.3 Å². The van der Waals surface area contributed by atoms with Gasteiger partial charge in [-0.15, -0.1) is 11.3 Å². The van der Waals surface area contributed by atoms with Gasteiger partial charge in [0.25, 0.3) is 0 Å². The summed E-state index contributed by atoms with van der Waals surface area (Å²) in [6.45, 7) is 4.30. The second-order valence-corrected chi connectivity index (χ2v) is 8.34. The third kappa shape index (κ3) is 3.37. The molecule has 142 valence electrons. The summed E-state index contributed by atoms with van der Waals surface area (Å²) in [6, 6.07) is 8.23. The number of carboxylic acids is 1. The summed E-state index contributed by atoms with van der Waals surface area (Å²) in [6.07, 6.45) is 0.783. The SMILES string of the molecule is CC(C)c1ccc(-c2csc(NC(=O)[C@H]3[C@@H](C(=O)O)[C@H]4CC[C@@H]3O4)n2)cc1. The Kier molecular flexibility index (Phi) is 4.74. The van der Waals surface area contributed by atoms with Gasteiger partial charge in [0, 0.05) is 10.9 Å². The molecule has 2 bridgehead atoms. The lowest BCUT2D eigenvalue weighted by Crippen LogP contribution is -2.40. The third-order valence-electron chi connectivity index (χ3n) is 5.47. The summed E-state index contributed by atoms with van der Waals surface area (Å²) in [5.41, 5.74) is 3.05. The Labute approximate surface area is 161 Å². The predicted octanol–water partition coefficient (Wildman–Crippen LogP) is 3.75. The van der Waals surface area contributed by atoms with Gasteiger partial charge in [0.1, 0.15) is 0 Å². The quantitative estimate of drug-likeness (QED) is 0.817. The molecule has 2 N–H and O–H groups in total. The van der Waals surface area contributed by atoms with Crippen LogP contribution in [0, 0.1) is 11.8 Å². The lowest BCUT2D eigenvalue weighted by atomic mass is 9.79. The molecule has 7 heteroatoms. The highest BCUT2D eigenvalue weighted by molar-refractivity contribution is 7.14. The smallest absolute Gasteiger partial charge is 0.310 e. The fourth-order valence-corrected chi connectivity index (χ4v) is 4.74. The number of carboxylic acid groups (broad SMARTS) is 1. The number of anilines is 1. The van der Waals surface area contributed by atoms with Crippen LogP contribution in [0.25, 0.3) is 11.3 Å². The molecule has 0 radical (unpaired) electrons. The fraction of sp³-hybridized carbons (Fsp3) is 0.450. The zero-order valence-corrected chi connectivity index (χ0v) is 16.0. The minimum absolute atomic E-state index is 0.306. The fourth-order valence-electron chi connectivity index (χ4n) is 4.02. The summed E-state index contributed by atoms with van der Waals surface area (Å²) >= 11 is 1.34. The van der Waals surface area contributed by atoms with Crippen molar-refractivity contribution in [2.24, 2.45) is 11.8 Å². The minimum Gasteiger partial charge on any atom is -0.481 e. The van der Waals surface area contributed by atoms with E-state index in [1.165, 1.54) is 16.9 Å². The summed E-state index contributed by atoms with van der Waals surface area (Å²) in [7, 11) is 0. The predicted molar refractivity (Wildman–Crippen MR) is 103 cm³/mol. The van der Waals surface area contributed by atoms with E-state index in [2.05, 4.69) is 36.3 Å². The number of hydrogen-bond acceptors (Lipinski definition) is 5. The van der Waals surface area contributed by atoms with Crippen molar-refractivity contribution < 1.29 is 19.4 Å². The van der Waals surface area contributed by atoms with Crippen molar-refractivity contribution in [2.75, 3.05) is 5.32 Å². The number of fused-ring (bicyclic) bond motifs is 2. The van der Waals surface area contributed by atoms with Crippen LogP contribution in [0.15, 0.2) is 29.6 Å². The Morgan fingerprint density at radius 3 is 2.48 bits per heavy atom. The first-order chi connectivity index (χ1) is 12.9. The highest BCUT2D eigenvalue weighted by Gasteiger charge is 2.55. The maximum Gasteiger partial charge on any atom is 0.310 e. The van der Waals surface area contributed by atoms with E-state index in [0.29, 0.717) is 17.5 Å². The van der Waals surface area contributed by atoms with Crippen molar-refractivity contribution in [1.82, 2.24) is 4.98 Å². The number of hydrogen-bond donors (Lipinski definition) is 2. The normalized spacial score (nSPS) is 26.5. The maximum atomic E-state index is 12.7. The number of rotatable bonds is 5. The van der Waals surface area contributed by atoms with Gasteiger partial charge in [-0.25, -0.2) is 4.98 Å². The molecule has 1 aromatic carbocycles. The second-order valence-electron chi connectivity index (χ2n) is 7.48. The van der Waals surface area contributed by atoms with E-state index in [4.69, 9.17) is 4.74 Å². The number of ether oxygens (including phenoxy) is 1. The van der Waals surface area contributed by atoms with Crippen LogP contribution >= 0.6 is 11.3 Å². The van der Waals surface area contributed by atoms with E-state index in [0.717, 1.165) is 17.7 Å². The van der Waals surface area contributed by atoms with Crippen LogP contribution in [-0.4, -0.2) is 34.2 Å². The molecule has 0 unspecified atom stereocenters. The lowest BCUT2D eigenvalue weighted by molar-refractivity contribution is -0.147. The van der Waals surface area contributed by atoms with Crippen molar-refractivity contribution in [3.8, 4) is 11.3 Å². The van der Waals surface area contributed by atoms with Gasteiger partial charge < -0.3 is 15.2 Å². The van der Waals surface area contributed by atoms with Gasteiger partial charge in [-0.3, -0.25) is 9.59 Å². The first kappa shape index (κ1) is 18.1. The van der Waals surface area contributed by atoms with Gasteiger partial charge in [0.2, 0.25) is 5.91 Å². The average molecular weight is 386 g/mol. The Morgan fingerprint density at radius 2 is 1.85 bits per heavy atom. The van der Waals surface area contributed by atoms with Gasteiger partial charge in [0.05, 0.1) is 29.7 Å². The number of nitrogens with zero attached hydrogens (tertiary/aromatic N) is 1. The van der Waals surface area contributed by atoms with Gasteiger partial charge in [-0.05, 0) is 24.3 Å². The van der Waals surface area contributed by atoms with E-state index in [9.17, 15) is 14.7 Å². The molecule has 2 fully saturated rings. The van der Waals surface area contributed by atoms with Crippen molar-refractivity contribution in [3.05, 3.63) is 35.2 Å². The molecule has 2 aromatic rings. The standard InChI is InChI=1S/C20H22N2O4S/c1-10(2)11-3-5-12(6-4-11)13-9-27-20(21-13)22-18(23)16-14-7-8-15(26-14)17(16)19(24)25/h3-6,9-10,14-17H,7-8H2,1-2H3,(H,24,25)(H,21,22,23)/t14-,15+,16+,17-/m0/s1. The summed E-state index contributed by atoms with van der Waals surface area (Å²) < 4.78 is 5.66. The zero-order chi connectivity index (χ0) is 19.1. The highest BCUT2D eigenvalue weighted by atomic mass is 32.1. The molecule has 1 aromatic heterocycles. The molecule has 4 rings (SSSR count). The summed E-state index contributed by atoms with van der Waals surface area (Å²) in [4.78, 5) is 28.7. The van der Waals surface area contributed by atoms with Gasteiger partial charge in [-0.1, -0.05) is 38.1 Å². The molecule has 1 amide bonds. The largest absolute Gasteiger partial charge is 0.481 e. The van der Waals surface area contributed by atoms with Crippen LogP contribution in [0.4, 0.5) is 5.13 Å². The Bertz CT molecular complexity index is 861. The first-order valence-corrected chi connectivity index (χ1v) is 10.1. The van der Waals surface area contributed by atoms with Crippen molar-refractivity contribution in [2.45, 2.75) is 44.8 Å². The monoisotopic (exact) mass is 386 g/mol. The molecular formula is C20H22N2O4S. The number of thiazole rings is 1. The average Bonchev–Trinajstić information content (AvgIpc) is 3.37. The van der Waals surface area contributed by atoms with Crippen LogP contribution in [0.2, 0.25) is 0 Å². The van der Waals surface area contributed by atoms with Crippen molar-refractivity contribution in [1.29, 1.82) is 0 Å². The number of benzene rings is 1. The number of carbonyl (C=O) groups is 2. The molecule has 2 aliphatic rings. The third-order valence-corrected chi connectivity index (χ3v) is 6.23. The lowest BCUT2D eigenvalue weighted by Gasteiger charge is -2.23. The highest BCUT2D eigenvalue weighted by Crippen LogP contribution is 2.44. The van der Waals surface area contributed by atoms with Gasteiger partial charge in [0.15, 0.2) is 5.13 Å². The maximum absolute atomic E-state index is 12.7. The number of carbonyl (C=O) groups excluding carboxylic acids is 1. The number of nitrogens with one attached hydrogen (secondary N) is 1. The Balaban J connectivity index is 1.47. The van der Waals surface area contributed by atoms with E-state index in [1.54, 1.807) is 0 Å². The number of amides is 1. The van der Waals surface area contributed by atoms with Crippen molar-refractivity contribution in [3.63, 3.8) is 0 Å². The second kappa shape index (κ2) is 7.05. The summed E-state index contributed by atoms with van der Waals surface area (Å²) in [5.74, 6) is -2.24. The summed E-state index contributed by atoms with van der Waals surface area (Å²) in [5, 5.41) is 14.6. The molecule has 2 aliphatic heterocycles. The minimum atomic E-state index is -0.965. The van der Waals surface area contributed by atoms with Crippen LogP contribution in [0.3, 0.4) is 0 Å². The molecule has 0 saturated carbocycles. The molecule has 3 heterocycles. The number of aliphatic carboxylic acids is 1. The van der Waals surface area contributed by atoms with Crippen LogP contribution < -0.4 is 5.32 Å². The van der Waals surface area contributed by atoms with E-state index in [1.807, 2.05) is 17.5 Å². The van der Waals surface area contributed by atoms with E-state index < -0.39 is 17.8 Å². The van der Waals surface area contributed by atoms with E-state index >= 15 is 0 Å². The molecule has 4 atom stereocenters. The molecule has 0 spiro atoms. The van der Waals surface area contributed by atoms with E-state index in [-0.39, 0.29) is 18.1 Å². The first-order valence-electron chi connectivity index (χ1n) is 9.19. The molecule has 27 heavy (non-hydrogen) atoms.